The van der Waals surface area contributed by atoms with Gasteiger partial charge in [0.1, 0.15) is 6.67 Å². The molecule has 0 aliphatic heterocycles. The molecule has 0 bridgehead atoms. The summed E-state index contributed by atoms with van der Waals surface area (Å²) >= 11 is 0. The van der Waals surface area contributed by atoms with E-state index in [0.29, 0.717) is 0 Å². The van der Waals surface area contributed by atoms with Gasteiger partial charge >= 0.3 is 5.69 Å². The monoisotopic (exact) mass is 143 g/mol. The van der Waals surface area contributed by atoms with Crippen LogP contribution in [-0.2, 0) is 6.67 Å². The number of H-pyrrole nitrogens is 1. The van der Waals surface area contributed by atoms with Crippen LogP contribution in [0.3, 0.4) is 0 Å². The zero-order chi connectivity index (χ0) is 7.56. The fourth-order valence-corrected chi connectivity index (χ4v) is 0.550. The molecule has 0 amide bonds. The first-order valence-electron chi connectivity index (χ1n) is 2.63. The van der Waals surface area contributed by atoms with Crippen LogP contribution in [0.2, 0.25) is 0 Å². The van der Waals surface area contributed by atoms with E-state index in [4.69, 9.17) is 5.73 Å². The van der Waals surface area contributed by atoms with Gasteiger partial charge in [-0.1, -0.05) is 0 Å². The summed E-state index contributed by atoms with van der Waals surface area (Å²) < 4.78 is 11.9. The molecule has 0 aromatic carbocycles. The Labute approximate surface area is 55.9 Å². The van der Waals surface area contributed by atoms with E-state index in [2.05, 4.69) is 9.97 Å². The van der Waals surface area contributed by atoms with Crippen molar-refractivity contribution in [3.05, 3.63) is 22.4 Å². The highest BCUT2D eigenvalue weighted by Gasteiger charge is 1.97. The number of alkyl halides is 1. The average Bonchev–Trinajstić information content (AvgIpc) is 1.94. The molecule has 0 aliphatic carbocycles. The van der Waals surface area contributed by atoms with Crippen molar-refractivity contribution in [3.63, 3.8) is 0 Å². The molecule has 1 aromatic heterocycles. The molecule has 3 N–H and O–H groups in total. The van der Waals surface area contributed by atoms with E-state index in [9.17, 15) is 9.18 Å². The molecule has 0 saturated heterocycles. The second-order valence-electron chi connectivity index (χ2n) is 1.76. The van der Waals surface area contributed by atoms with Crippen LogP contribution in [0.15, 0.2) is 11.0 Å². The molecular formula is C5H6FN3O. The molecule has 0 fully saturated rings. The van der Waals surface area contributed by atoms with Gasteiger partial charge < -0.3 is 10.7 Å². The fourth-order valence-electron chi connectivity index (χ4n) is 0.550. The van der Waals surface area contributed by atoms with Crippen LogP contribution in [0.4, 0.5) is 10.1 Å². The predicted molar refractivity (Wildman–Crippen MR) is 34.1 cm³/mol. The van der Waals surface area contributed by atoms with Crippen molar-refractivity contribution >= 4 is 5.69 Å². The predicted octanol–water partition coefficient (Wildman–Crippen LogP) is -0.178. The maximum absolute atomic E-state index is 11.9. The molecule has 0 saturated carbocycles. The number of nitrogens with two attached hydrogens (primary N) is 1. The summed E-state index contributed by atoms with van der Waals surface area (Å²) in [7, 11) is 0. The van der Waals surface area contributed by atoms with Crippen molar-refractivity contribution in [1.29, 1.82) is 0 Å². The number of anilines is 1. The van der Waals surface area contributed by atoms with Gasteiger partial charge in [-0.05, 0) is 0 Å². The lowest BCUT2D eigenvalue weighted by atomic mass is 10.4. The van der Waals surface area contributed by atoms with E-state index in [0.717, 1.165) is 6.20 Å². The SMILES string of the molecule is Nc1cnc(=O)[nH]c1CF. The van der Waals surface area contributed by atoms with Gasteiger partial charge in [-0.2, -0.15) is 4.98 Å². The first-order chi connectivity index (χ1) is 4.74. The van der Waals surface area contributed by atoms with E-state index in [1.807, 2.05) is 0 Å². The summed E-state index contributed by atoms with van der Waals surface area (Å²) in [5.41, 5.74) is 4.90. The standard InChI is InChI=1S/C5H6FN3O/c6-1-4-3(7)2-8-5(10)9-4/h2H,1,7H2,(H,8,9,10). The lowest BCUT2D eigenvalue weighted by molar-refractivity contribution is 0.475. The highest BCUT2D eigenvalue weighted by Crippen LogP contribution is 2.03. The number of halogens is 1. The Morgan fingerprint density at radius 3 is 3.00 bits per heavy atom. The summed E-state index contributed by atoms with van der Waals surface area (Å²) in [5.74, 6) is 0. The first kappa shape index (κ1) is 6.73. The Bertz CT molecular complexity index is 282. The molecule has 0 radical (unpaired) electrons. The minimum atomic E-state index is -0.774. The van der Waals surface area contributed by atoms with Gasteiger partial charge in [-0.15, -0.1) is 0 Å². The lowest BCUT2D eigenvalue weighted by Crippen LogP contribution is -2.13. The van der Waals surface area contributed by atoms with E-state index < -0.39 is 12.4 Å². The molecule has 1 rings (SSSR count). The number of nitrogen functional groups attached to an aromatic ring is 1. The van der Waals surface area contributed by atoms with Gasteiger partial charge in [0.05, 0.1) is 17.6 Å². The first-order valence-corrected chi connectivity index (χ1v) is 2.63. The Balaban J connectivity index is 3.22. The third-order valence-corrected chi connectivity index (χ3v) is 1.06. The van der Waals surface area contributed by atoms with Gasteiger partial charge in [-0.25, -0.2) is 9.18 Å². The van der Waals surface area contributed by atoms with Crippen LogP contribution in [0.1, 0.15) is 5.69 Å². The Kier molecular flexibility index (Phi) is 1.66. The Morgan fingerprint density at radius 1 is 1.80 bits per heavy atom. The van der Waals surface area contributed by atoms with Gasteiger partial charge in [0, 0.05) is 0 Å². The maximum atomic E-state index is 11.9. The number of aromatic nitrogens is 2. The third-order valence-electron chi connectivity index (χ3n) is 1.06. The minimum absolute atomic E-state index is 0.0833. The second-order valence-corrected chi connectivity index (χ2v) is 1.76. The normalized spacial score (nSPS) is 9.70. The van der Waals surface area contributed by atoms with Crippen molar-refractivity contribution in [2.75, 3.05) is 5.73 Å². The summed E-state index contributed by atoms with van der Waals surface area (Å²) in [6, 6.07) is 0. The van der Waals surface area contributed by atoms with Crippen molar-refractivity contribution in [2.24, 2.45) is 0 Å². The maximum Gasteiger partial charge on any atom is 0.345 e. The van der Waals surface area contributed by atoms with Crippen LogP contribution < -0.4 is 11.4 Å². The summed E-state index contributed by atoms with van der Waals surface area (Å²) in [4.78, 5) is 15.9. The summed E-state index contributed by atoms with van der Waals surface area (Å²) in [5, 5.41) is 0. The largest absolute Gasteiger partial charge is 0.396 e. The number of hydrogen-bond donors (Lipinski definition) is 2. The lowest BCUT2D eigenvalue weighted by Gasteiger charge is -1.96. The van der Waals surface area contributed by atoms with E-state index >= 15 is 0 Å². The molecule has 0 atom stereocenters. The molecule has 0 spiro atoms. The average molecular weight is 143 g/mol. The van der Waals surface area contributed by atoms with Gasteiger partial charge in [0.2, 0.25) is 0 Å². The van der Waals surface area contributed by atoms with E-state index in [1.165, 1.54) is 0 Å². The molecule has 0 aliphatic rings. The van der Waals surface area contributed by atoms with E-state index in [-0.39, 0.29) is 11.4 Å². The van der Waals surface area contributed by atoms with Crippen LogP contribution in [0.25, 0.3) is 0 Å². The second kappa shape index (κ2) is 2.47. The molecule has 5 heteroatoms. The molecule has 10 heavy (non-hydrogen) atoms. The zero-order valence-corrected chi connectivity index (χ0v) is 5.10. The zero-order valence-electron chi connectivity index (χ0n) is 5.10. The number of nitrogens with zero attached hydrogens (tertiary/aromatic N) is 1. The van der Waals surface area contributed by atoms with Crippen LogP contribution in [-0.4, -0.2) is 9.97 Å². The van der Waals surface area contributed by atoms with Crippen molar-refractivity contribution in [2.45, 2.75) is 6.67 Å². The van der Waals surface area contributed by atoms with Crippen LogP contribution in [0, 0.1) is 0 Å². The van der Waals surface area contributed by atoms with Crippen LogP contribution in [0.5, 0.6) is 0 Å². The van der Waals surface area contributed by atoms with E-state index in [1.54, 1.807) is 0 Å². The number of aromatic amines is 1. The molecular weight excluding hydrogens is 137 g/mol. The third kappa shape index (κ3) is 1.12. The van der Waals surface area contributed by atoms with Crippen molar-refractivity contribution < 1.29 is 4.39 Å². The van der Waals surface area contributed by atoms with Gasteiger partial charge in [0.25, 0.3) is 0 Å². The molecule has 54 valence electrons. The topological polar surface area (TPSA) is 71.8 Å². The smallest absolute Gasteiger partial charge is 0.345 e. The summed E-state index contributed by atoms with van der Waals surface area (Å²) in [6.07, 6.45) is 1.13. The molecule has 0 unspecified atom stereocenters. The number of hydrogen-bond acceptors (Lipinski definition) is 3. The summed E-state index contributed by atoms with van der Waals surface area (Å²) in [6.45, 7) is -0.774. The Morgan fingerprint density at radius 2 is 2.50 bits per heavy atom. The van der Waals surface area contributed by atoms with Gasteiger partial charge in [-0.3, -0.25) is 0 Å². The van der Waals surface area contributed by atoms with Crippen molar-refractivity contribution in [3.8, 4) is 0 Å². The van der Waals surface area contributed by atoms with Crippen molar-refractivity contribution in [1.82, 2.24) is 9.97 Å². The minimum Gasteiger partial charge on any atom is -0.396 e. The highest BCUT2D eigenvalue weighted by molar-refractivity contribution is 5.38. The fraction of sp³-hybridized carbons (Fsp3) is 0.200. The quantitative estimate of drug-likeness (QED) is 0.572. The molecule has 4 nitrogen and oxygen atoms in total. The van der Waals surface area contributed by atoms with Gasteiger partial charge in [0.15, 0.2) is 0 Å². The Hall–Kier alpha value is -1.39. The molecule has 1 aromatic rings. The van der Waals surface area contributed by atoms with Crippen LogP contribution >= 0.6 is 0 Å². The number of rotatable bonds is 1. The highest BCUT2D eigenvalue weighted by atomic mass is 19.1. The molecule has 1 heterocycles. The number of nitrogens with one attached hydrogen (secondary N) is 1.